The second-order valence-electron chi connectivity index (χ2n) is 3.97. The van der Waals surface area contributed by atoms with Gasteiger partial charge in [0.2, 0.25) is 0 Å². The van der Waals surface area contributed by atoms with Crippen LogP contribution in [0.5, 0.6) is 0 Å². The molecule has 0 aliphatic heterocycles. The maximum atomic E-state index is 9.15. The Morgan fingerprint density at radius 3 is 2.00 bits per heavy atom. The summed E-state index contributed by atoms with van der Waals surface area (Å²) in [5, 5.41) is 19.1. The highest BCUT2D eigenvalue weighted by Gasteiger charge is 2.13. The molecule has 0 radical (unpaired) electrons. The van der Waals surface area contributed by atoms with Gasteiger partial charge < -0.3 is 0 Å². The minimum Gasteiger partial charge on any atom is -0.192 e. The van der Waals surface area contributed by atoms with Crippen LogP contribution in [0.4, 0.5) is 0 Å². The molecule has 0 atom stereocenters. The molecular weight excluding hydrogens is 291 g/mol. The van der Waals surface area contributed by atoms with Crippen molar-refractivity contribution in [3.8, 4) is 12.1 Å². The highest BCUT2D eigenvalue weighted by Crippen LogP contribution is 2.31. The summed E-state index contributed by atoms with van der Waals surface area (Å²) in [4.78, 5) is 0. The number of nitriles is 2. The Kier molecular flexibility index (Phi) is 4.43. The second-order valence-corrected chi connectivity index (χ2v) is 4.78. The molecule has 2 aromatic rings. The molecule has 0 amide bonds. The van der Waals surface area contributed by atoms with Gasteiger partial charge >= 0.3 is 0 Å². The summed E-state index contributed by atoms with van der Waals surface area (Å²) in [5.41, 5.74) is 2.05. The number of hydrogen-bond acceptors (Lipinski definition) is 2. The molecule has 4 heteroatoms. The molecule has 0 aromatic heterocycles. The van der Waals surface area contributed by atoms with Crippen LogP contribution >= 0.6 is 23.2 Å². The average molecular weight is 299 g/mol. The van der Waals surface area contributed by atoms with Gasteiger partial charge in [-0.15, -0.1) is 0 Å². The monoisotopic (exact) mass is 298 g/mol. The molecule has 0 saturated carbocycles. The van der Waals surface area contributed by atoms with Gasteiger partial charge in [0.25, 0.3) is 0 Å². The number of halogens is 2. The van der Waals surface area contributed by atoms with E-state index in [4.69, 9.17) is 33.7 Å². The van der Waals surface area contributed by atoms with Crippen molar-refractivity contribution >= 4 is 28.8 Å². The molecule has 2 aromatic carbocycles. The van der Waals surface area contributed by atoms with E-state index in [-0.39, 0.29) is 5.57 Å². The fraction of sp³-hybridized carbons (Fsp3) is 0. The Morgan fingerprint density at radius 1 is 0.800 bits per heavy atom. The fourth-order valence-electron chi connectivity index (χ4n) is 1.85. The molecule has 0 bridgehead atoms. The van der Waals surface area contributed by atoms with Gasteiger partial charge in [-0.05, 0) is 23.3 Å². The lowest BCUT2D eigenvalue weighted by atomic mass is 9.94. The zero-order valence-corrected chi connectivity index (χ0v) is 11.8. The second kappa shape index (κ2) is 6.26. The lowest BCUT2D eigenvalue weighted by Gasteiger charge is -2.09. The number of benzene rings is 2. The summed E-state index contributed by atoms with van der Waals surface area (Å²) in [6.45, 7) is 0. The molecule has 0 heterocycles. The van der Waals surface area contributed by atoms with Gasteiger partial charge in [-0.2, -0.15) is 10.5 Å². The molecule has 0 saturated heterocycles. The smallest absolute Gasteiger partial charge is 0.138 e. The number of hydrogen-bond donors (Lipinski definition) is 0. The van der Waals surface area contributed by atoms with Crippen LogP contribution in [0.1, 0.15) is 11.1 Å². The van der Waals surface area contributed by atoms with Gasteiger partial charge in [-0.1, -0.05) is 59.6 Å². The van der Waals surface area contributed by atoms with Gasteiger partial charge in [-0.3, -0.25) is 0 Å². The molecule has 20 heavy (non-hydrogen) atoms. The molecule has 0 unspecified atom stereocenters. The van der Waals surface area contributed by atoms with Crippen LogP contribution in [0.25, 0.3) is 5.57 Å². The van der Waals surface area contributed by atoms with Gasteiger partial charge in [-0.25, -0.2) is 0 Å². The summed E-state index contributed by atoms with van der Waals surface area (Å²) in [7, 11) is 0. The van der Waals surface area contributed by atoms with Crippen LogP contribution < -0.4 is 0 Å². The Morgan fingerprint density at radius 2 is 1.45 bits per heavy atom. The van der Waals surface area contributed by atoms with E-state index in [1.165, 1.54) is 0 Å². The fourth-order valence-corrected chi connectivity index (χ4v) is 2.15. The van der Waals surface area contributed by atoms with Crippen molar-refractivity contribution in [2.45, 2.75) is 0 Å². The van der Waals surface area contributed by atoms with Crippen LogP contribution in [0.3, 0.4) is 0 Å². The molecule has 0 N–H and O–H groups in total. The highest BCUT2D eigenvalue weighted by molar-refractivity contribution is 6.42. The lowest BCUT2D eigenvalue weighted by Crippen LogP contribution is -1.92. The molecular formula is C16H8Cl2N2. The summed E-state index contributed by atoms with van der Waals surface area (Å²) < 4.78 is 0. The summed E-state index contributed by atoms with van der Waals surface area (Å²) >= 11 is 11.9. The van der Waals surface area contributed by atoms with Gasteiger partial charge in [0.1, 0.15) is 17.7 Å². The quantitative estimate of drug-likeness (QED) is 0.745. The first kappa shape index (κ1) is 14.2. The van der Waals surface area contributed by atoms with Crippen molar-refractivity contribution in [1.82, 2.24) is 0 Å². The van der Waals surface area contributed by atoms with E-state index < -0.39 is 0 Å². The van der Waals surface area contributed by atoms with Gasteiger partial charge in [0.05, 0.1) is 10.0 Å². The Hall–Kier alpha value is -2.26. The molecule has 2 rings (SSSR count). The Balaban J connectivity index is 2.72. The first-order valence-corrected chi connectivity index (χ1v) is 6.48. The topological polar surface area (TPSA) is 47.6 Å². The average Bonchev–Trinajstić information content (AvgIpc) is 2.48. The van der Waals surface area contributed by atoms with E-state index in [2.05, 4.69) is 0 Å². The van der Waals surface area contributed by atoms with E-state index in [1.54, 1.807) is 18.2 Å². The zero-order valence-electron chi connectivity index (χ0n) is 10.3. The Labute approximate surface area is 127 Å². The van der Waals surface area contributed by atoms with Crippen molar-refractivity contribution < 1.29 is 0 Å². The summed E-state index contributed by atoms with van der Waals surface area (Å²) in [5.74, 6) is 0. The SMILES string of the molecule is N#CC(C#N)=C(c1ccccc1)c1ccc(Cl)c(Cl)c1. The van der Waals surface area contributed by atoms with Crippen LogP contribution in [-0.4, -0.2) is 0 Å². The van der Waals surface area contributed by atoms with E-state index >= 15 is 0 Å². The Bertz CT molecular complexity index is 734. The van der Waals surface area contributed by atoms with Gasteiger partial charge in [0, 0.05) is 5.57 Å². The number of nitrogens with zero attached hydrogens (tertiary/aromatic N) is 2. The standard InChI is InChI=1S/C16H8Cl2N2/c17-14-7-6-12(8-15(14)18)16(13(9-19)10-20)11-4-2-1-3-5-11/h1-8H. The molecule has 0 spiro atoms. The van der Waals surface area contributed by atoms with Crippen molar-refractivity contribution in [3.05, 3.63) is 75.3 Å². The van der Waals surface area contributed by atoms with Gasteiger partial charge in [0.15, 0.2) is 0 Å². The third-order valence-corrected chi connectivity index (χ3v) is 3.48. The summed E-state index contributed by atoms with van der Waals surface area (Å²) in [6, 6.07) is 18.1. The third kappa shape index (κ3) is 2.83. The lowest BCUT2D eigenvalue weighted by molar-refractivity contribution is 1.44. The molecule has 0 fully saturated rings. The van der Waals surface area contributed by atoms with Crippen LogP contribution in [0, 0.1) is 22.7 Å². The van der Waals surface area contributed by atoms with Crippen molar-refractivity contribution in [1.29, 1.82) is 10.5 Å². The zero-order chi connectivity index (χ0) is 14.5. The molecule has 0 aliphatic carbocycles. The molecule has 2 nitrogen and oxygen atoms in total. The van der Waals surface area contributed by atoms with Crippen molar-refractivity contribution in [2.75, 3.05) is 0 Å². The normalized spacial score (nSPS) is 9.40. The van der Waals surface area contributed by atoms with E-state index in [9.17, 15) is 0 Å². The summed E-state index contributed by atoms with van der Waals surface area (Å²) in [6.07, 6.45) is 0. The number of allylic oxidation sites excluding steroid dienone is 1. The first-order valence-electron chi connectivity index (χ1n) is 5.72. The first-order chi connectivity index (χ1) is 9.67. The molecule has 0 aliphatic rings. The predicted octanol–water partition coefficient (Wildman–Crippen LogP) is 4.84. The minimum atomic E-state index is 0.0367. The highest BCUT2D eigenvalue weighted by atomic mass is 35.5. The molecule has 96 valence electrons. The largest absolute Gasteiger partial charge is 0.192 e. The van der Waals surface area contributed by atoms with Crippen molar-refractivity contribution in [3.63, 3.8) is 0 Å². The predicted molar refractivity (Wildman–Crippen MR) is 80.2 cm³/mol. The number of rotatable bonds is 2. The minimum absolute atomic E-state index is 0.0367. The van der Waals surface area contributed by atoms with E-state index in [0.29, 0.717) is 21.2 Å². The van der Waals surface area contributed by atoms with Crippen LogP contribution in [0.15, 0.2) is 54.1 Å². The van der Waals surface area contributed by atoms with Crippen LogP contribution in [-0.2, 0) is 0 Å². The maximum Gasteiger partial charge on any atom is 0.138 e. The van der Waals surface area contributed by atoms with Crippen LogP contribution in [0.2, 0.25) is 10.0 Å². The third-order valence-electron chi connectivity index (χ3n) is 2.74. The van der Waals surface area contributed by atoms with Crippen molar-refractivity contribution in [2.24, 2.45) is 0 Å². The van der Waals surface area contributed by atoms with E-state index in [1.807, 2.05) is 42.5 Å². The maximum absolute atomic E-state index is 9.15. The van der Waals surface area contributed by atoms with E-state index in [0.717, 1.165) is 5.56 Å².